The van der Waals surface area contributed by atoms with E-state index < -0.39 is 59.8 Å². The van der Waals surface area contributed by atoms with Crippen LogP contribution in [-0.4, -0.2) is 46.1 Å². The lowest BCUT2D eigenvalue weighted by molar-refractivity contribution is -0.159. The number of β-lactam (4-membered cyclic amide) rings is 1. The molecule has 1 aromatic rings. The molecule has 4 N–H and O–H groups in total. The van der Waals surface area contributed by atoms with E-state index in [0.29, 0.717) is 14.9 Å². The summed E-state index contributed by atoms with van der Waals surface area (Å²) in [5.41, 5.74) is 4.05. The number of halogens is 4. The van der Waals surface area contributed by atoms with Crippen LogP contribution in [-0.2, 0) is 14.4 Å². The van der Waals surface area contributed by atoms with Crippen LogP contribution in [0.1, 0.15) is 24.4 Å². The minimum absolute atomic E-state index is 0.117. The number of carboxylic acid groups (broad SMARTS) is 1. The second-order valence-electron chi connectivity index (χ2n) is 6.46. The maximum Gasteiger partial charge on any atom is 0.414 e. The van der Waals surface area contributed by atoms with E-state index in [9.17, 15) is 32.7 Å². The zero-order chi connectivity index (χ0) is 20.8. The second-order valence-corrected chi connectivity index (χ2v) is 7.38. The highest BCUT2D eigenvalue weighted by Gasteiger charge is 2.56. The quantitative estimate of drug-likeness (QED) is 0.592. The second kappa shape index (κ2) is 7.21. The molecule has 28 heavy (non-hydrogen) atoms. The third-order valence-corrected chi connectivity index (χ3v) is 5.26. The molecule has 2 aliphatic heterocycles. The summed E-state index contributed by atoms with van der Waals surface area (Å²) in [7, 11) is 0. The highest BCUT2D eigenvalue weighted by molar-refractivity contribution is 9.10. The first-order valence-electron chi connectivity index (χ1n) is 8.20. The molecule has 0 aromatic heterocycles. The summed E-state index contributed by atoms with van der Waals surface area (Å²) in [6, 6.07) is 3.58. The molecule has 1 aromatic carbocycles. The van der Waals surface area contributed by atoms with Crippen LogP contribution in [0.4, 0.5) is 13.2 Å². The predicted octanol–water partition coefficient (Wildman–Crippen LogP) is 1.84. The zero-order valence-corrected chi connectivity index (χ0v) is 15.8. The number of nitrogens with two attached hydrogens (primary N) is 1. The van der Waals surface area contributed by atoms with E-state index in [4.69, 9.17) is 5.73 Å². The van der Waals surface area contributed by atoms with Crippen LogP contribution in [0.3, 0.4) is 0 Å². The fourth-order valence-corrected chi connectivity index (χ4v) is 3.85. The average Bonchev–Trinajstić information content (AvgIpc) is 2.62. The van der Waals surface area contributed by atoms with Crippen molar-refractivity contribution in [3.8, 4) is 0 Å². The number of nitrogens with one attached hydrogen (secondary N) is 1. The Labute approximate surface area is 165 Å². The molecule has 0 unspecified atom stereocenters. The Hall–Kier alpha value is -2.40. The predicted molar refractivity (Wildman–Crippen MR) is 93.6 cm³/mol. The number of alkyl halides is 3. The Balaban J connectivity index is 1.78. The molecule has 0 saturated carbocycles. The number of aliphatic carboxylic acids is 1. The molecule has 2 aliphatic rings. The zero-order valence-electron chi connectivity index (χ0n) is 14.2. The number of hydrogen-bond acceptors (Lipinski definition) is 4. The van der Waals surface area contributed by atoms with Crippen molar-refractivity contribution in [2.45, 2.75) is 37.1 Å². The van der Waals surface area contributed by atoms with Gasteiger partial charge in [-0.2, -0.15) is 13.2 Å². The largest absolute Gasteiger partial charge is 0.477 e. The van der Waals surface area contributed by atoms with Crippen molar-refractivity contribution in [3.05, 3.63) is 45.6 Å². The average molecular weight is 462 g/mol. The van der Waals surface area contributed by atoms with Crippen LogP contribution in [0.25, 0.3) is 0 Å². The van der Waals surface area contributed by atoms with Crippen LogP contribution in [0.15, 0.2) is 40.0 Å². The summed E-state index contributed by atoms with van der Waals surface area (Å²) in [4.78, 5) is 36.7. The molecule has 2 heterocycles. The van der Waals surface area contributed by atoms with E-state index in [2.05, 4.69) is 21.2 Å². The SMILES string of the molecule is N[C@@H](C(=O)N[C@@H]1C(=O)N2C(C(=O)O)=C(C(F)(F)F)CC[C@H]12)c1cccc(Br)c1. The van der Waals surface area contributed by atoms with E-state index in [1.165, 1.54) is 0 Å². The minimum Gasteiger partial charge on any atom is -0.477 e. The fourth-order valence-electron chi connectivity index (χ4n) is 3.43. The summed E-state index contributed by atoms with van der Waals surface area (Å²) >= 11 is 3.25. The molecule has 0 spiro atoms. The van der Waals surface area contributed by atoms with Crippen molar-refractivity contribution >= 4 is 33.7 Å². The summed E-state index contributed by atoms with van der Waals surface area (Å²) < 4.78 is 40.0. The highest BCUT2D eigenvalue weighted by atomic mass is 79.9. The van der Waals surface area contributed by atoms with Crippen LogP contribution in [0, 0.1) is 0 Å². The lowest BCUT2D eigenvalue weighted by Gasteiger charge is -2.50. The fraction of sp³-hybridized carbons (Fsp3) is 0.353. The van der Waals surface area contributed by atoms with Gasteiger partial charge in [-0.1, -0.05) is 28.1 Å². The van der Waals surface area contributed by atoms with E-state index in [0.717, 1.165) is 0 Å². The van der Waals surface area contributed by atoms with Crippen molar-refractivity contribution < 1.29 is 32.7 Å². The Morgan fingerprint density at radius 2 is 2.04 bits per heavy atom. The molecule has 0 aliphatic carbocycles. The lowest BCUT2D eigenvalue weighted by Crippen LogP contribution is -2.72. The van der Waals surface area contributed by atoms with E-state index in [1.54, 1.807) is 24.3 Å². The number of benzene rings is 1. The molecule has 3 atom stereocenters. The summed E-state index contributed by atoms with van der Waals surface area (Å²) in [5, 5.41) is 11.6. The van der Waals surface area contributed by atoms with Gasteiger partial charge in [-0.05, 0) is 30.5 Å². The van der Waals surface area contributed by atoms with Crippen LogP contribution < -0.4 is 11.1 Å². The van der Waals surface area contributed by atoms with Gasteiger partial charge in [-0.3, -0.25) is 14.5 Å². The first-order chi connectivity index (χ1) is 13.0. The molecular formula is C17H15BrF3N3O4. The van der Waals surface area contributed by atoms with E-state index in [-0.39, 0.29) is 6.42 Å². The van der Waals surface area contributed by atoms with Crippen LogP contribution in [0.5, 0.6) is 0 Å². The third kappa shape index (κ3) is 3.51. The first-order valence-corrected chi connectivity index (χ1v) is 8.99. The van der Waals surface area contributed by atoms with Crippen molar-refractivity contribution in [1.29, 1.82) is 0 Å². The van der Waals surface area contributed by atoms with Crippen molar-refractivity contribution in [2.75, 3.05) is 0 Å². The van der Waals surface area contributed by atoms with Gasteiger partial charge < -0.3 is 16.2 Å². The Morgan fingerprint density at radius 1 is 1.36 bits per heavy atom. The molecule has 0 bridgehead atoms. The van der Waals surface area contributed by atoms with E-state index >= 15 is 0 Å². The van der Waals surface area contributed by atoms with Crippen molar-refractivity contribution in [2.24, 2.45) is 5.73 Å². The molecule has 11 heteroatoms. The number of allylic oxidation sites excluding steroid dienone is 1. The third-order valence-electron chi connectivity index (χ3n) is 4.77. The Morgan fingerprint density at radius 3 is 2.61 bits per heavy atom. The number of carbonyl (C=O) groups excluding carboxylic acids is 2. The number of rotatable bonds is 4. The molecule has 3 rings (SSSR count). The van der Waals surface area contributed by atoms with Gasteiger partial charge in [0, 0.05) is 4.47 Å². The number of carbonyl (C=O) groups is 3. The molecule has 2 amide bonds. The molecule has 0 radical (unpaired) electrons. The molecule has 7 nitrogen and oxygen atoms in total. The first kappa shape index (κ1) is 20.3. The minimum atomic E-state index is -4.85. The summed E-state index contributed by atoms with van der Waals surface area (Å²) in [5.74, 6) is -3.42. The van der Waals surface area contributed by atoms with Gasteiger partial charge in [-0.25, -0.2) is 4.79 Å². The topological polar surface area (TPSA) is 113 Å². The summed E-state index contributed by atoms with van der Waals surface area (Å²) in [6.45, 7) is 0. The highest BCUT2D eigenvalue weighted by Crippen LogP contribution is 2.42. The van der Waals surface area contributed by atoms with Gasteiger partial charge in [0.1, 0.15) is 17.8 Å². The number of hydrogen-bond donors (Lipinski definition) is 3. The monoisotopic (exact) mass is 461 g/mol. The van der Waals surface area contributed by atoms with Gasteiger partial charge in [0.15, 0.2) is 0 Å². The smallest absolute Gasteiger partial charge is 0.414 e. The van der Waals surface area contributed by atoms with Crippen molar-refractivity contribution in [1.82, 2.24) is 10.2 Å². The number of fused-ring (bicyclic) bond motifs is 1. The standard InChI is InChI=1S/C17H15BrF3N3O4/c18-8-3-1-2-7(6-8)11(22)14(25)23-12-10-5-4-9(17(19,20)21)13(16(27)28)24(10)15(12)26/h1-3,6,10-12H,4-5,22H2,(H,23,25)(H,27,28)/t10-,11-,12+/m1/s1. The van der Waals surface area contributed by atoms with E-state index in [1.807, 2.05) is 0 Å². The maximum atomic E-state index is 13.1. The van der Waals surface area contributed by atoms with Gasteiger partial charge in [0.05, 0.1) is 11.6 Å². The Kier molecular flexibility index (Phi) is 5.24. The van der Waals surface area contributed by atoms with Gasteiger partial charge >= 0.3 is 12.1 Å². The van der Waals surface area contributed by atoms with Gasteiger partial charge in [0.2, 0.25) is 5.91 Å². The number of amides is 2. The molecular weight excluding hydrogens is 447 g/mol. The lowest BCUT2D eigenvalue weighted by atomic mass is 9.83. The maximum absolute atomic E-state index is 13.1. The summed E-state index contributed by atoms with van der Waals surface area (Å²) in [6.07, 6.45) is -5.52. The molecule has 1 saturated heterocycles. The molecule has 150 valence electrons. The van der Waals surface area contributed by atoms with Crippen molar-refractivity contribution in [3.63, 3.8) is 0 Å². The number of carboxylic acids is 1. The van der Waals surface area contributed by atoms with Crippen LogP contribution >= 0.6 is 15.9 Å². The number of nitrogens with zero attached hydrogens (tertiary/aromatic N) is 1. The Bertz CT molecular complexity index is 887. The normalized spacial score (nSPS) is 23.0. The van der Waals surface area contributed by atoms with Gasteiger partial charge in [0.25, 0.3) is 5.91 Å². The van der Waals surface area contributed by atoms with Gasteiger partial charge in [-0.15, -0.1) is 0 Å². The molecule has 1 fully saturated rings. The van der Waals surface area contributed by atoms with Crippen LogP contribution in [0.2, 0.25) is 0 Å².